The molecule has 0 amide bonds. The maximum absolute atomic E-state index is 13.0. The minimum absolute atomic E-state index is 0.0625. The van der Waals surface area contributed by atoms with E-state index in [0.717, 1.165) is 12.1 Å². The quantitative estimate of drug-likeness (QED) is 0.869. The molecule has 2 N–H and O–H groups in total. The molecule has 0 aliphatic carbocycles. The Kier molecular flexibility index (Phi) is 4.27. The molecule has 6 heteroatoms. The van der Waals surface area contributed by atoms with Gasteiger partial charge in [0.15, 0.2) is 0 Å². The van der Waals surface area contributed by atoms with Crippen LogP contribution >= 0.6 is 0 Å². The van der Waals surface area contributed by atoms with Crippen LogP contribution in [-0.4, -0.2) is 25.8 Å². The lowest BCUT2D eigenvalue weighted by Gasteiger charge is -2.34. The maximum atomic E-state index is 13.0. The topological polar surface area (TPSA) is 63.4 Å². The molecule has 1 aromatic rings. The molecule has 4 nitrogen and oxygen atoms in total. The van der Waals surface area contributed by atoms with E-state index in [4.69, 9.17) is 5.73 Å². The molecule has 0 radical (unpaired) electrons. The Balaban J connectivity index is 3.24. The van der Waals surface area contributed by atoms with Gasteiger partial charge in [0, 0.05) is 13.1 Å². The average Bonchev–Trinajstić information content (AvgIpc) is 2.25. The Hall–Kier alpha value is -1.14. The van der Waals surface area contributed by atoms with Crippen LogP contribution in [0, 0.1) is 11.2 Å². The Labute approximate surface area is 114 Å². The van der Waals surface area contributed by atoms with E-state index >= 15 is 0 Å². The first-order valence-electron chi connectivity index (χ1n) is 6.01. The van der Waals surface area contributed by atoms with Crippen LogP contribution in [0.2, 0.25) is 0 Å². The maximum Gasteiger partial charge on any atom is 0.245 e. The van der Waals surface area contributed by atoms with Gasteiger partial charge in [-0.05, 0) is 30.5 Å². The summed E-state index contributed by atoms with van der Waals surface area (Å²) in [5, 5.41) is 0. The fraction of sp³-hybridized carbons (Fsp3) is 0.538. The summed E-state index contributed by atoms with van der Waals surface area (Å²) in [5.74, 6) is -0.553. The SMILES string of the molecule is CC(N(C)S(=O)(=O)c1ccc(F)cc1N)C(C)(C)C. The summed E-state index contributed by atoms with van der Waals surface area (Å²) >= 11 is 0. The number of benzene rings is 1. The first-order chi connectivity index (χ1) is 8.48. The predicted octanol–water partition coefficient (Wildman–Crippen LogP) is 2.46. The summed E-state index contributed by atoms with van der Waals surface area (Å²) < 4.78 is 39.2. The zero-order chi connectivity index (χ0) is 15.0. The molecule has 108 valence electrons. The molecule has 0 aliphatic rings. The molecule has 0 bridgehead atoms. The van der Waals surface area contributed by atoms with Gasteiger partial charge >= 0.3 is 0 Å². The average molecular weight is 288 g/mol. The number of nitrogens with two attached hydrogens (primary N) is 1. The summed E-state index contributed by atoms with van der Waals surface area (Å²) in [7, 11) is -2.22. The molecule has 0 aromatic heterocycles. The van der Waals surface area contributed by atoms with Crippen LogP contribution in [0.5, 0.6) is 0 Å². The van der Waals surface area contributed by atoms with E-state index < -0.39 is 15.8 Å². The van der Waals surface area contributed by atoms with E-state index in [9.17, 15) is 12.8 Å². The number of rotatable bonds is 3. The van der Waals surface area contributed by atoms with Gasteiger partial charge in [-0.3, -0.25) is 0 Å². The van der Waals surface area contributed by atoms with E-state index in [1.165, 1.54) is 17.4 Å². The molecule has 0 saturated heterocycles. The lowest BCUT2D eigenvalue weighted by atomic mass is 9.88. The van der Waals surface area contributed by atoms with Crippen molar-refractivity contribution in [3.8, 4) is 0 Å². The molecule has 0 spiro atoms. The van der Waals surface area contributed by atoms with Crippen LogP contribution in [0.15, 0.2) is 23.1 Å². The highest BCUT2D eigenvalue weighted by Crippen LogP contribution is 2.29. The number of hydrogen-bond acceptors (Lipinski definition) is 3. The van der Waals surface area contributed by atoms with Gasteiger partial charge in [-0.2, -0.15) is 4.31 Å². The van der Waals surface area contributed by atoms with Crippen molar-refractivity contribution in [2.75, 3.05) is 12.8 Å². The highest BCUT2D eigenvalue weighted by Gasteiger charge is 2.33. The van der Waals surface area contributed by atoms with Crippen LogP contribution in [0.25, 0.3) is 0 Å². The van der Waals surface area contributed by atoms with Crippen molar-refractivity contribution < 1.29 is 12.8 Å². The first-order valence-corrected chi connectivity index (χ1v) is 7.45. The zero-order valence-electron chi connectivity index (χ0n) is 11.9. The summed E-state index contributed by atoms with van der Waals surface area (Å²) in [5.41, 5.74) is 5.32. The van der Waals surface area contributed by atoms with E-state index in [2.05, 4.69) is 0 Å². The molecular formula is C13H21FN2O2S. The van der Waals surface area contributed by atoms with Gasteiger partial charge in [-0.15, -0.1) is 0 Å². The molecule has 0 heterocycles. The second-order valence-electron chi connectivity index (χ2n) is 5.75. The molecule has 1 rings (SSSR count). The van der Waals surface area contributed by atoms with Gasteiger partial charge in [-0.25, -0.2) is 12.8 Å². The summed E-state index contributed by atoms with van der Waals surface area (Å²) in [4.78, 5) is -0.0625. The lowest BCUT2D eigenvalue weighted by Crippen LogP contribution is -2.43. The molecule has 0 fully saturated rings. The third kappa shape index (κ3) is 3.25. The van der Waals surface area contributed by atoms with Crippen molar-refractivity contribution in [2.45, 2.75) is 38.6 Å². The first kappa shape index (κ1) is 15.9. The number of halogens is 1. The standard InChI is InChI=1S/C13H21FN2O2S/c1-9(13(2,3)4)16(5)19(17,18)12-7-6-10(14)8-11(12)15/h6-9H,15H2,1-5H3. The zero-order valence-corrected chi connectivity index (χ0v) is 12.8. The minimum Gasteiger partial charge on any atom is -0.398 e. The van der Waals surface area contributed by atoms with E-state index in [-0.39, 0.29) is 22.0 Å². The highest BCUT2D eigenvalue weighted by atomic mass is 32.2. The molecule has 1 aromatic carbocycles. The van der Waals surface area contributed by atoms with Gasteiger partial charge in [-0.1, -0.05) is 20.8 Å². The van der Waals surface area contributed by atoms with Crippen LogP contribution in [0.1, 0.15) is 27.7 Å². The van der Waals surface area contributed by atoms with Crippen LogP contribution in [0.4, 0.5) is 10.1 Å². The largest absolute Gasteiger partial charge is 0.398 e. The number of hydrogen-bond donors (Lipinski definition) is 1. The second-order valence-corrected chi connectivity index (χ2v) is 7.71. The summed E-state index contributed by atoms with van der Waals surface area (Å²) in [6.45, 7) is 7.70. The Bertz CT molecular complexity index is 564. The van der Waals surface area contributed by atoms with Crippen molar-refractivity contribution in [1.29, 1.82) is 0 Å². The summed E-state index contributed by atoms with van der Waals surface area (Å²) in [6, 6.07) is 3.09. The number of sulfonamides is 1. The van der Waals surface area contributed by atoms with Crippen molar-refractivity contribution in [3.63, 3.8) is 0 Å². The normalized spacial score (nSPS) is 14.7. The second kappa shape index (κ2) is 5.09. The fourth-order valence-electron chi connectivity index (χ4n) is 1.66. The molecular weight excluding hydrogens is 267 g/mol. The van der Waals surface area contributed by atoms with Gasteiger partial charge < -0.3 is 5.73 Å². The Morgan fingerprint density at radius 2 is 1.84 bits per heavy atom. The van der Waals surface area contributed by atoms with Crippen LogP contribution in [0.3, 0.4) is 0 Å². The molecule has 0 aliphatic heterocycles. The molecule has 0 saturated carbocycles. The third-order valence-corrected chi connectivity index (χ3v) is 5.43. The molecule has 1 atom stereocenters. The fourth-order valence-corrected chi connectivity index (χ4v) is 3.30. The number of anilines is 1. The summed E-state index contributed by atoms with van der Waals surface area (Å²) in [6.07, 6.45) is 0. The Morgan fingerprint density at radius 3 is 2.26 bits per heavy atom. The van der Waals surface area contributed by atoms with E-state index in [1.807, 2.05) is 27.7 Å². The monoisotopic (exact) mass is 288 g/mol. The van der Waals surface area contributed by atoms with Crippen LogP contribution in [-0.2, 0) is 10.0 Å². The predicted molar refractivity (Wildman–Crippen MR) is 74.7 cm³/mol. The van der Waals surface area contributed by atoms with Crippen molar-refractivity contribution in [3.05, 3.63) is 24.0 Å². The van der Waals surface area contributed by atoms with Gasteiger partial charge in [0.05, 0.1) is 5.69 Å². The minimum atomic E-state index is -3.73. The van der Waals surface area contributed by atoms with E-state index in [0.29, 0.717) is 0 Å². The molecule has 1 unspecified atom stereocenters. The van der Waals surface area contributed by atoms with E-state index in [1.54, 1.807) is 0 Å². The highest BCUT2D eigenvalue weighted by molar-refractivity contribution is 7.89. The smallest absolute Gasteiger partial charge is 0.245 e. The molecule has 19 heavy (non-hydrogen) atoms. The number of nitrogen functional groups attached to an aromatic ring is 1. The van der Waals surface area contributed by atoms with Crippen LogP contribution < -0.4 is 5.73 Å². The third-order valence-electron chi connectivity index (χ3n) is 3.43. The van der Waals surface area contributed by atoms with Crippen molar-refractivity contribution in [1.82, 2.24) is 4.31 Å². The Morgan fingerprint density at radius 1 is 1.32 bits per heavy atom. The number of nitrogens with zero attached hydrogens (tertiary/aromatic N) is 1. The van der Waals surface area contributed by atoms with Crippen molar-refractivity contribution in [2.24, 2.45) is 5.41 Å². The van der Waals surface area contributed by atoms with Gasteiger partial charge in [0.2, 0.25) is 10.0 Å². The van der Waals surface area contributed by atoms with Crippen molar-refractivity contribution >= 4 is 15.7 Å². The van der Waals surface area contributed by atoms with Gasteiger partial charge in [0.1, 0.15) is 10.7 Å². The lowest BCUT2D eigenvalue weighted by molar-refractivity contribution is 0.216. The van der Waals surface area contributed by atoms with Gasteiger partial charge in [0.25, 0.3) is 0 Å².